The van der Waals surface area contributed by atoms with Crippen molar-refractivity contribution in [2.45, 2.75) is 37.8 Å². The summed E-state index contributed by atoms with van der Waals surface area (Å²) < 4.78 is 0. The van der Waals surface area contributed by atoms with Gasteiger partial charge in [-0.1, -0.05) is 18.9 Å². The topological polar surface area (TPSA) is 49.4 Å². The lowest BCUT2D eigenvalue weighted by Crippen LogP contribution is -2.65. The van der Waals surface area contributed by atoms with Gasteiger partial charge in [-0.25, -0.2) is 0 Å². The lowest BCUT2D eigenvalue weighted by atomic mass is 9.91. The van der Waals surface area contributed by atoms with Gasteiger partial charge in [0.1, 0.15) is 5.54 Å². The summed E-state index contributed by atoms with van der Waals surface area (Å²) >= 11 is 1.64. The second-order valence-electron chi connectivity index (χ2n) is 4.98. The first-order valence-electron chi connectivity index (χ1n) is 6.33. The zero-order valence-electron chi connectivity index (χ0n) is 10.1. The maximum atomic E-state index is 12.2. The fourth-order valence-electron chi connectivity index (χ4n) is 3.03. The molecule has 1 aliphatic heterocycles. The molecule has 1 aromatic heterocycles. The molecule has 2 aliphatic rings. The van der Waals surface area contributed by atoms with Crippen LogP contribution in [0.5, 0.6) is 0 Å². The van der Waals surface area contributed by atoms with Gasteiger partial charge in [-0.3, -0.25) is 9.59 Å². The first kappa shape index (κ1) is 11.7. The number of thiophene rings is 1. The van der Waals surface area contributed by atoms with Crippen molar-refractivity contribution in [2.24, 2.45) is 0 Å². The molecule has 2 fully saturated rings. The zero-order chi connectivity index (χ0) is 12.6. The fraction of sp³-hybridized carbons (Fsp3) is 0.538. The third-order valence-electron chi connectivity index (χ3n) is 3.97. The highest BCUT2D eigenvalue weighted by atomic mass is 32.1. The van der Waals surface area contributed by atoms with Crippen molar-refractivity contribution in [3.05, 3.63) is 22.4 Å². The summed E-state index contributed by atoms with van der Waals surface area (Å²) in [5, 5.41) is 4.75. The van der Waals surface area contributed by atoms with Crippen molar-refractivity contribution >= 4 is 23.2 Å². The maximum Gasteiger partial charge on any atom is 0.246 e. The largest absolute Gasteiger partial charge is 0.345 e. The van der Waals surface area contributed by atoms with E-state index in [1.807, 2.05) is 22.4 Å². The van der Waals surface area contributed by atoms with Gasteiger partial charge < -0.3 is 10.2 Å². The highest BCUT2D eigenvalue weighted by Crippen LogP contribution is 2.38. The maximum absolute atomic E-state index is 12.2. The van der Waals surface area contributed by atoms with Crippen LogP contribution in [0, 0.1) is 0 Å². The molecule has 1 aliphatic carbocycles. The van der Waals surface area contributed by atoms with E-state index in [-0.39, 0.29) is 18.4 Å². The molecular weight excluding hydrogens is 248 g/mol. The summed E-state index contributed by atoms with van der Waals surface area (Å²) in [7, 11) is 0. The van der Waals surface area contributed by atoms with Crippen LogP contribution in [0.3, 0.4) is 0 Å². The Hall–Kier alpha value is -1.36. The van der Waals surface area contributed by atoms with Crippen LogP contribution in [-0.4, -0.2) is 28.8 Å². The molecule has 0 radical (unpaired) electrons. The number of carbonyl (C=O) groups is 2. The van der Waals surface area contributed by atoms with Crippen LogP contribution < -0.4 is 5.32 Å². The summed E-state index contributed by atoms with van der Waals surface area (Å²) in [6.07, 6.45) is 3.66. The van der Waals surface area contributed by atoms with E-state index in [0.29, 0.717) is 6.54 Å². The van der Waals surface area contributed by atoms with Crippen LogP contribution in [0.4, 0.5) is 0 Å². The van der Waals surface area contributed by atoms with E-state index in [1.54, 1.807) is 11.3 Å². The van der Waals surface area contributed by atoms with E-state index < -0.39 is 5.54 Å². The van der Waals surface area contributed by atoms with Gasteiger partial charge in [0.25, 0.3) is 0 Å². The standard InChI is InChI=1S/C13H16N2O2S/c16-11-8-14-12(17)13(5-1-2-6-13)15(11)9-10-4-3-7-18-10/h3-4,7H,1-2,5-6,8-9H2,(H,14,17). The van der Waals surface area contributed by atoms with Crippen LogP contribution in [0.25, 0.3) is 0 Å². The number of nitrogens with zero attached hydrogens (tertiary/aromatic N) is 1. The molecule has 2 heterocycles. The van der Waals surface area contributed by atoms with E-state index in [2.05, 4.69) is 5.32 Å². The minimum atomic E-state index is -0.570. The summed E-state index contributed by atoms with van der Waals surface area (Å²) in [5.41, 5.74) is -0.570. The van der Waals surface area contributed by atoms with E-state index >= 15 is 0 Å². The molecule has 0 atom stereocenters. The molecule has 1 saturated carbocycles. The second kappa shape index (κ2) is 4.39. The molecule has 4 nitrogen and oxygen atoms in total. The lowest BCUT2D eigenvalue weighted by Gasteiger charge is -2.43. The van der Waals surface area contributed by atoms with Gasteiger partial charge in [-0.15, -0.1) is 11.3 Å². The van der Waals surface area contributed by atoms with Gasteiger partial charge in [0.2, 0.25) is 11.8 Å². The SMILES string of the molecule is O=C1CNC(=O)C2(CCCC2)N1Cc1cccs1. The summed E-state index contributed by atoms with van der Waals surface area (Å²) in [6.45, 7) is 0.718. The molecular formula is C13H16N2O2S. The average molecular weight is 264 g/mol. The van der Waals surface area contributed by atoms with Gasteiger partial charge >= 0.3 is 0 Å². The number of hydrogen-bond acceptors (Lipinski definition) is 3. The predicted molar refractivity (Wildman–Crippen MR) is 69.1 cm³/mol. The first-order chi connectivity index (χ1) is 8.72. The average Bonchev–Trinajstić information content (AvgIpc) is 3.02. The fourth-order valence-corrected chi connectivity index (χ4v) is 3.72. The second-order valence-corrected chi connectivity index (χ2v) is 6.01. The Morgan fingerprint density at radius 3 is 2.78 bits per heavy atom. The van der Waals surface area contributed by atoms with Crippen LogP contribution >= 0.6 is 11.3 Å². The van der Waals surface area contributed by atoms with Crippen LogP contribution in [0.15, 0.2) is 17.5 Å². The molecule has 1 aromatic rings. The van der Waals surface area contributed by atoms with E-state index in [9.17, 15) is 9.59 Å². The Labute approximate surface area is 110 Å². The van der Waals surface area contributed by atoms with Crippen molar-refractivity contribution in [1.82, 2.24) is 10.2 Å². The lowest BCUT2D eigenvalue weighted by molar-refractivity contribution is -0.154. The van der Waals surface area contributed by atoms with Crippen LogP contribution in [0.2, 0.25) is 0 Å². The quantitative estimate of drug-likeness (QED) is 0.880. The number of nitrogens with one attached hydrogen (secondary N) is 1. The molecule has 3 rings (SSSR count). The van der Waals surface area contributed by atoms with Crippen molar-refractivity contribution < 1.29 is 9.59 Å². The Bertz CT molecular complexity index is 463. The molecule has 0 aromatic carbocycles. The predicted octanol–water partition coefficient (Wildman–Crippen LogP) is 1.52. The summed E-state index contributed by atoms with van der Waals surface area (Å²) in [6, 6.07) is 4.00. The van der Waals surface area contributed by atoms with Gasteiger partial charge in [0, 0.05) is 4.88 Å². The smallest absolute Gasteiger partial charge is 0.246 e. The summed E-state index contributed by atoms with van der Waals surface area (Å²) in [5.74, 6) is 0.0843. The Morgan fingerprint density at radius 2 is 2.11 bits per heavy atom. The van der Waals surface area contributed by atoms with Crippen LogP contribution in [-0.2, 0) is 16.1 Å². The van der Waals surface area contributed by atoms with Crippen molar-refractivity contribution in [3.8, 4) is 0 Å². The molecule has 1 spiro atoms. The van der Waals surface area contributed by atoms with Gasteiger partial charge in [-0.2, -0.15) is 0 Å². The number of carbonyl (C=O) groups excluding carboxylic acids is 2. The third kappa shape index (κ3) is 1.73. The Kier molecular flexibility index (Phi) is 2.86. The van der Waals surface area contributed by atoms with Crippen molar-refractivity contribution in [2.75, 3.05) is 6.54 Å². The number of piperazine rings is 1. The monoisotopic (exact) mass is 264 g/mol. The van der Waals surface area contributed by atoms with Gasteiger partial charge in [0.15, 0.2) is 0 Å². The minimum absolute atomic E-state index is 0.0381. The molecule has 1 N–H and O–H groups in total. The number of amides is 2. The van der Waals surface area contributed by atoms with Crippen molar-refractivity contribution in [3.63, 3.8) is 0 Å². The normalized spacial score (nSPS) is 22.6. The first-order valence-corrected chi connectivity index (χ1v) is 7.21. The Balaban J connectivity index is 1.91. The minimum Gasteiger partial charge on any atom is -0.345 e. The zero-order valence-corrected chi connectivity index (χ0v) is 11.0. The van der Waals surface area contributed by atoms with Crippen LogP contribution in [0.1, 0.15) is 30.6 Å². The van der Waals surface area contributed by atoms with E-state index in [0.717, 1.165) is 30.6 Å². The Morgan fingerprint density at radius 1 is 1.33 bits per heavy atom. The van der Waals surface area contributed by atoms with E-state index in [4.69, 9.17) is 0 Å². The molecule has 2 amide bonds. The highest BCUT2D eigenvalue weighted by Gasteiger charge is 2.50. The van der Waals surface area contributed by atoms with Gasteiger partial charge in [-0.05, 0) is 24.3 Å². The molecule has 5 heteroatoms. The number of rotatable bonds is 2. The molecule has 1 saturated heterocycles. The molecule has 96 valence electrons. The number of hydrogen-bond donors (Lipinski definition) is 1. The van der Waals surface area contributed by atoms with Gasteiger partial charge in [0.05, 0.1) is 13.1 Å². The highest BCUT2D eigenvalue weighted by molar-refractivity contribution is 7.09. The molecule has 0 bridgehead atoms. The molecule has 0 unspecified atom stereocenters. The summed E-state index contributed by atoms with van der Waals surface area (Å²) in [4.78, 5) is 27.3. The molecule has 18 heavy (non-hydrogen) atoms. The third-order valence-corrected chi connectivity index (χ3v) is 4.83. The van der Waals surface area contributed by atoms with Crippen molar-refractivity contribution in [1.29, 1.82) is 0 Å². The van der Waals surface area contributed by atoms with E-state index in [1.165, 1.54) is 0 Å².